The molecule has 5 aliphatic heterocycles. The zero-order valence-electron chi connectivity index (χ0n) is 20.7. The maximum Gasteiger partial charge on any atom is 0.251 e. The number of hydrogen-bond donors (Lipinski definition) is 1. The Hall–Kier alpha value is -3.04. The summed E-state index contributed by atoms with van der Waals surface area (Å²) in [7, 11) is 1.65. The Morgan fingerprint density at radius 2 is 1.81 bits per heavy atom. The zero-order valence-corrected chi connectivity index (χ0v) is 20.7. The van der Waals surface area contributed by atoms with Crippen molar-refractivity contribution in [2.75, 3.05) is 43.2 Å². The number of nitrogens with one attached hydrogen (secondary N) is 1. The van der Waals surface area contributed by atoms with Crippen LogP contribution in [0.5, 0.6) is 0 Å². The van der Waals surface area contributed by atoms with E-state index < -0.39 is 0 Å². The highest BCUT2D eigenvalue weighted by molar-refractivity contribution is 6.05. The second-order valence-electron chi connectivity index (χ2n) is 10.6. The Morgan fingerprint density at radius 1 is 1.03 bits per heavy atom. The number of aliphatic imine (C=N–C) groups is 1. The molecule has 1 N–H and O–H groups in total. The van der Waals surface area contributed by atoms with E-state index in [0.717, 1.165) is 99.3 Å². The Labute approximate surface area is 210 Å². The van der Waals surface area contributed by atoms with Crippen molar-refractivity contribution in [1.29, 1.82) is 0 Å². The number of ether oxygens (including phenoxy) is 2. The monoisotopic (exact) mass is 488 g/mol. The van der Waals surface area contributed by atoms with Gasteiger partial charge in [-0.2, -0.15) is 9.97 Å². The molecular weight excluding hydrogens is 456 g/mol. The molecule has 0 aliphatic carbocycles. The summed E-state index contributed by atoms with van der Waals surface area (Å²) in [5, 5.41) is 2.71. The average Bonchev–Trinajstić information content (AvgIpc) is 3.39. The van der Waals surface area contributed by atoms with Crippen LogP contribution in [0.4, 0.5) is 17.6 Å². The third-order valence-corrected chi connectivity index (χ3v) is 8.30. The van der Waals surface area contributed by atoms with Crippen LogP contribution in [0.2, 0.25) is 0 Å². The molecule has 4 saturated heterocycles. The van der Waals surface area contributed by atoms with E-state index in [1.807, 2.05) is 24.3 Å². The van der Waals surface area contributed by atoms with Gasteiger partial charge < -0.3 is 24.6 Å². The van der Waals surface area contributed by atoms with Crippen molar-refractivity contribution in [3.05, 3.63) is 41.0 Å². The van der Waals surface area contributed by atoms with E-state index in [0.29, 0.717) is 17.6 Å². The maximum atomic E-state index is 12.2. The second-order valence-corrected chi connectivity index (χ2v) is 10.6. The van der Waals surface area contributed by atoms with Crippen LogP contribution in [-0.2, 0) is 15.9 Å². The smallest absolute Gasteiger partial charge is 0.251 e. The molecule has 1 aromatic carbocycles. The maximum absolute atomic E-state index is 12.2. The number of carbonyl (C=O) groups excluding carboxylic acids is 1. The molecule has 1 amide bonds. The van der Waals surface area contributed by atoms with Crippen molar-refractivity contribution < 1.29 is 14.3 Å². The number of fused-ring (bicyclic) bond motifs is 5. The standard InChI is InChI=1S/C27H32N6O3/c1-28-26(34)17-4-2-3-16(11-17)23-10-9-22-24(29-23)30-27(33-18-5-6-19(33)15-35-14-18)31-25(22)32-12-20-7-8-21(13-32)36-20/h2-4,11,18-21H,5-10,12-15H2,1H3,(H,28,34). The predicted molar refractivity (Wildman–Crippen MR) is 137 cm³/mol. The SMILES string of the molecule is CNC(=O)c1cccc(C2=Nc3nc(N4C5CCC4COC5)nc(N4CC5CCC(C4)O5)c3CC2)c1. The third-order valence-electron chi connectivity index (χ3n) is 8.30. The molecule has 9 heteroatoms. The summed E-state index contributed by atoms with van der Waals surface area (Å²) in [6.07, 6.45) is 6.67. The van der Waals surface area contributed by atoms with Crippen molar-refractivity contribution in [3.63, 3.8) is 0 Å². The van der Waals surface area contributed by atoms with Crippen molar-refractivity contribution >= 4 is 29.2 Å². The summed E-state index contributed by atoms with van der Waals surface area (Å²) in [4.78, 5) is 32.4. The van der Waals surface area contributed by atoms with Crippen molar-refractivity contribution in [3.8, 4) is 0 Å². The molecular formula is C27H32N6O3. The first-order chi connectivity index (χ1) is 17.7. The zero-order chi connectivity index (χ0) is 24.2. The van der Waals surface area contributed by atoms with Crippen LogP contribution in [-0.4, -0.2) is 79.2 Å². The van der Waals surface area contributed by atoms with Gasteiger partial charge in [0.25, 0.3) is 5.91 Å². The number of hydrogen-bond acceptors (Lipinski definition) is 8. The molecule has 2 aromatic rings. The van der Waals surface area contributed by atoms with Crippen LogP contribution in [0.15, 0.2) is 29.3 Å². The fourth-order valence-electron chi connectivity index (χ4n) is 6.51. The molecule has 0 radical (unpaired) electrons. The Bertz CT molecular complexity index is 1200. The van der Waals surface area contributed by atoms with Gasteiger partial charge in [-0.1, -0.05) is 12.1 Å². The summed E-state index contributed by atoms with van der Waals surface area (Å²) >= 11 is 0. The Kier molecular flexibility index (Phi) is 5.43. The molecule has 5 aliphatic rings. The summed E-state index contributed by atoms with van der Waals surface area (Å²) in [5.41, 5.74) is 3.71. The highest BCUT2D eigenvalue weighted by atomic mass is 16.5. The number of carbonyl (C=O) groups is 1. The molecule has 1 aromatic heterocycles. The number of nitrogens with zero attached hydrogens (tertiary/aromatic N) is 5. The first-order valence-electron chi connectivity index (χ1n) is 13.2. The normalized spacial score (nSPS) is 28.6. The number of benzene rings is 1. The van der Waals surface area contributed by atoms with Gasteiger partial charge in [0.15, 0.2) is 5.82 Å². The van der Waals surface area contributed by atoms with E-state index >= 15 is 0 Å². The molecule has 0 saturated carbocycles. The quantitative estimate of drug-likeness (QED) is 0.707. The molecule has 36 heavy (non-hydrogen) atoms. The molecule has 4 unspecified atom stereocenters. The number of anilines is 2. The lowest BCUT2D eigenvalue weighted by molar-refractivity contribution is 0.0301. The van der Waals surface area contributed by atoms with Crippen LogP contribution in [0, 0.1) is 0 Å². The number of morpholine rings is 2. The highest BCUT2D eigenvalue weighted by Crippen LogP contribution is 2.40. The molecule has 4 bridgehead atoms. The Morgan fingerprint density at radius 3 is 2.56 bits per heavy atom. The lowest BCUT2D eigenvalue weighted by Gasteiger charge is -2.38. The summed E-state index contributed by atoms with van der Waals surface area (Å²) in [6, 6.07) is 8.36. The van der Waals surface area contributed by atoms with Gasteiger partial charge in [0.05, 0.1) is 43.2 Å². The van der Waals surface area contributed by atoms with Gasteiger partial charge in [-0.05, 0) is 56.2 Å². The van der Waals surface area contributed by atoms with Gasteiger partial charge in [0.1, 0.15) is 5.82 Å². The van der Waals surface area contributed by atoms with Gasteiger partial charge in [0.2, 0.25) is 5.95 Å². The fraction of sp³-hybridized carbons (Fsp3) is 0.556. The van der Waals surface area contributed by atoms with Gasteiger partial charge in [-0.25, -0.2) is 4.99 Å². The van der Waals surface area contributed by atoms with Crippen molar-refractivity contribution in [1.82, 2.24) is 15.3 Å². The molecule has 6 heterocycles. The van der Waals surface area contributed by atoms with Crippen molar-refractivity contribution in [2.24, 2.45) is 4.99 Å². The first-order valence-corrected chi connectivity index (χ1v) is 13.2. The van der Waals surface area contributed by atoms with Crippen LogP contribution in [0.3, 0.4) is 0 Å². The minimum atomic E-state index is -0.0923. The van der Waals surface area contributed by atoms with Crippen molar-refractivity contribution in [2.45, 2.75) is 62.8 Å². The molecule has 188 valence electrons. The molecule has 4 fully saturated rings. The lowest BCUT2D eigenvalue weighted by Crippen LogP contribution is -2.47. The number of amides is 1. The van der Waals surface area contributed by atoms with E-state index in [1.165, 1.54) is 0 Å². The minimum Gasteiger partial charge on any atom is -0.377 e. The van der Waals surface area contributed by atoms with Crippen LogP contribution < -0.4 is 15.1 Å². The summed E-state index contributed by atoms with van der Waals surface area (Å²) in [6.45, 7) is 3.21. The lowest BCUT2D eigenvalue weighted by atomic mass is 9.97. The molecule has 0 spiro atoms. The van der Waals surface area contributed by atoms with E-state index in [-0.39, 0.29) is 18.1 Å². The van der Waals surface area contributed by atoms with Crippen LogP contribution in [0.1, 0.15) is 53.6 Å². The fourth-order valence-corrected chi connectivity index (χ4v) is 6.51. The topological polar surface area (TPSA) is 92.2 Å². The number of aromatic nitrogens is 2. The van der Waals surface area contributed by atoms with E-state index in [2.05, 4.69) is 15.1 Å². The van der Waals surface area contributed by atoms with Crippen LogP contribution in [0.25, 0.3) is 0 Å². The molecule has 4 atom stereocenters. The first kappa shape index (κ1) is 22.2. The van der Waals surface area contributed by atoms with E-state index in [4.69, 9.17) is 24.4 Å². The van der Waals surface area contributed by atoms with Crippen LogP contribution >= 0.6 is 0 Å². The largest absolute Gasteiger partial charge is 0.377 e. The number of rotatable bonds is 4. The highest BCUT2D eigenvalue weighted by Gasteiger charge is 2.41. The van der Waals surface area contributed by atoms with E-state index in [9.17, 15) is 4.79 Å². The van der Waals surface area contributed by atoms with Gasteiger partial charge in [-0.15, -0.1) is 0 Å². The summed E-state index contributed by atoms with van der Waals surface area (Å²) in [5.74, 6) is 2.49. The minimum absolute atomic E-state index is 0.0923. The van der Waals surface area contributed by atoms with E-state index in [1.54, 1.807) is 7.05 Å². The molecule has 9 nitrogen and oxygen atoms in total. The molecule has 7 rings (SSSR count). The third kappa shape index (κ3) is 3.76. The summed E-state index contributed by atoms with van der Waals surface area (Å²) < 4.78 is 12.0. The van der Waals surface area contributed by atoms with Gasteiger partial charge >= 0.3 is 0 Å². The second kappa shape index (κ2) is 8.81. The predicted octanol–water partition coefficient (Wildman–Crippen LogP) is 2.64. The Balaban J connectivity index is 1.31. The van der Waals surface area contributed by atoms with Gasteiger partial charge in [-0.3, -0.25) is 4.79 Å². The average molecular weight is 489 g/mol. The van der Waals surface area contributed by atoms with Gasteiger partial charge in [0, 0.05) is 31.3 Å².